The van der Waals surface area contributed by atoms with Crippen molar-refractivity contribution in [3.8, 4) is 5.75 Å². The number of benzene rings is 2. The maximum absolute atomic E-state index is 14.8. The summed E-state index contributed by atoms with van der Waals surface area (Å²) in [4.78, 5) is 27.7. The van der Waals surface area contributed by atoms with Crippen molar-refractivity contribution in [2.75, 3.05) is 17.3 Å². The van der Waals surface area contributed by atoms with Crippen molar-refractivity contribution in [1.29, 1.82) is 0 Å². The number of nitrogens with zero attached hydrogens (tertiary/aromatic N) is 1. The second-order valence-electron chi connectivity index (χ2n) is 8.46. The van der Waals surface area contributed by atoms with Crippen molar-refractivity contribution in [1.82, 2.24) is 5.32 Å². The minimum atomic E-state index is -0.500. The van der Waals surface area contributed by atoms with Gasteiger partial charge in [0.05, 0.1) is 42.4 Å². The standard InChI is InChI=1S/C27H28ClFN2O4S/c1-2-3-4-5-12-35-23-11-9-21(29)20(26(23)28)16-31-22-10-8-18(14-24(22)36-17-25(31)32)27(33)30-15-19-7-6-13-34-19/h6-11,13-14H,2-5,12,15-17H2,1H3,(H,30,33). The van der Waals surface area contributed by atoms with Gasteiger partial charge in [0.2, 0.25) is 5.91 Å². The Morgan fingerprint density at radius 3 is 2.86 bits per heavy atom. The van der Waals surface area contributed by atoms with Crippen LogP contribution in [0.2, 0.25) is 5.02 Å². The Bertz CT molecular complexity index is 1220. The highest BCUT2D eigenvalue weighted by Gasteiger charge is 2.28. The molecule has 36 heavy (non-hydrogen) atoms. The van der Waals surface area contributed by atoms with Gasteiger partial charge in [0.15, 0.2) is 0 Å². The van der Waals surface area contributed by atoms with Crippen LogP contribution in [0.15, 0.2) is 58.0 Å². The first-order valence-corrected chi connectivity index (χ1v) is 13.3. The number of carbonyl (C=O) groups excluding carboxylic acids is 2. The lowest BCUT2D eigenvalue weighted by molar-refractivity contribution is -0.116. The minimum absolute atomic E-state index is 0.0336. The second kappa shape index (κ2) is 12.3. The third-order valence-electron chi connectivity index (χ3n) is 5.89. The molecule has 0 fully saturated rings. The smallest absolute Gasteiger partial charge is 0.251 e. The van der Waals surface area contributed by atoms with Crippen LogP contribution in [0, 0.1) is 5.82 Å². The molecule has 1 aliphatic heterocycles. The maximum Gasteiger partial charge on any atom is 0.251 e. The van der Waals surface area contributed by atoms with Gasteiger partial charge in [-0.2, -0.15) is 0 Å². The van der Waals surface area contributed by atoms with Crippen LogP contribution in [0.5, 0.6) is 5.75 Å². The molecule has 0 aliphatic carbocycles. The Morgan fingerprint density at radius 2 is 2.08 bits per heavy atom. The molecule has 4 rings (SSSR count). The molecule has 0 radical (unpaired) electrons. The number of hydrogen-bond acceptors (Lipinski definition) is 5. The largest absolute Gasteiger partial charge is 0.492 e. The van der Waals surface area contributed by atoms with Gasteiger partial charge in [0, 0.05) is 16.0 Å². The first kappa shape index (κ1) is 26.1. The zero-order chi connectivity index (χ0) is 25.5. The fourth-order valence-corrected chi connectivity index (χ4v) is 5.14. The molecule has 2 heterocycles. The number of furan rings is 1. The molecule has 0 bridgehead atoms. The van der Waals surface area contributed by atoms with Crippen molar-refractivity contribution >= 4 is 40.9 Å². The zero-order valence-electron chi connectivity index (χ0n) is 20.0. The van der Waals surface area contributed by atoms with E-state index >= 15 is 0 Å². The summed E-state index contributed by atoms with van der Waals surface area (Å²) in [7, 11) is 0. The summed E-state index contributed by atoms with van der Waals surface area (Å²) in [5.74, 6) is 0.322. The Balaban J connectivity index is 1.49. The third-order valence-corrected chi connectivity index (χ3v) is 7.33. The van der Waals surface area contributed by atoms with Crippen LogP contribution >= 0.6 is 23.4 Å². The lowest BCUT2D eigenvalue weighted by Gasteiger charge is -2.30. The number of unbranched alkanes of at least 4 members (excludes halogenated alkanes) is 3. The number of ether oxygens (including phenoxy) is 1. The van der Waals surface area contributed by atoms with Crippen LogP contribution in [-0.2, 0) is 17.9 Å². The molecule has 190 valence electrons. The van der Waals surface area contributed by atoms with Crippen molar-refractivity contribution in [3.05, 3.63) is 76.5 Å². The van der Waals surface area contributed by atoms with E-state index < -0.39 is 5.82 Å². The Kier molecular flexibility index (Phi) is 8.93. The van der Waals surface area contributed by atoms with Crippen LogP contribution < -0.4 is 15.0 Å². The van der Waals surface area contributed by atoms with Gasteiger partial charge in [-0.25, -0.2) is 4.39 Å². The molecule has 3 aromatic rings. The SMILES string of the molecule is CCCCCCOc1ccc(F)c(CN2C(=O)CSc3cc(C(=O)NCc4ccco4)ccc32)c1Cl. The Morgan fingerprint density at radius 1 is 1.22 bits per heavy atom. The summed E-state index contributed by atoms with van der Waals surface area (Å²) in [6.07, 6.45) is 5.76. The van der Waals surface area contributed by atoms with Gasteiger partial charge in [-0.1, -0.05) is 37.8 Å². The van der Waals surface area contributed by atoms with E-state index in [2.05, 4.69) is 12.2 Å². The molecule has 0 atom stereocenters. The highest BCUT2D eigenvalue weighted by molar-refractivity contribution is 8.00. The van der Waals surface area contributed by atoms with Gasteiger partial charge in [-0.3, -0.25) is 9.59 Å². The number of thioether (sulfide) groups is 1. The van der Waals surface area contributed by atoms with Crippen LogP contribution in [0.25, 0.3) is 0 Å². The van der Waals surface area contributed by atoms with Gasteiger partial charge in [-0.15, -0.1) is 11.8 Å². The third kappa shape index (κ3) is 6.23. The summed E-state index contributed by atoms with van der Waals surface area (Å²) in [5.41, 5.74) is 1.28. The molecule has 2 amide bonds. The molecular weight excluding hydrogens is 503 g/mol. The van der Waals surface area contributed by atoms with Crippen LogP contribution in [0.3, 0.4) is 0 Å². The molecule has 0 unspecified atom stereocenters. The van der Waals surface area contributed by atoms with Crippen LogP contribution in [0.1, 0.15) is 54.3 Å². The first-order chi connectivity index (χ1) is 17.5. The lowest BCUT2D eigenvalue weighted by Crippen LogP contribution is -2.35. The number of hydrogen-bond donors (Lipinski definition) is 1. The van der Waals surface area contributed by atoms with E-state index in [4.69, 9.17) is 20.8 Å². The van der Waals surface area contributed by atoms with Gasteiger partial charge in [-0.05, 0) is 48.9 Å². The molecule has 9 heteroatoms. The second-order valence-corrected chi connectivity index (χ2v) is 9.86. The fraction of sp³-hybridized carbons (Fsp3) is 0.333. The number of amides is 2. The normalized spacial score (nSPS) is 13.0. The molecule has 0 saturated heterocycles. The molecule has 0 spiro atoms. The van der Waals surface area contributed by atoms with Gasteiger partial charge < -0.3 is 19.4 Å². The van der Waals surface area contributed by atoms with E-state index in [9.17, 15) is 14.0 Å². The van der Waals surface area contributed by atoms with Crippen LogP contribution in [0.4, 0.5) is 10.1 Å². The number of halogens is 2. The highest BCUT2D eigenvalue weighted by atomic mass is 35.5. The topological polar surface area (TPSA) is 71.8 Å². The van der Waals surface area contributed by atoms with Crippen molar-refractivity contribution in [2.45, 2.75) is 50.6 Å². The monoisotopic (exact) mass is 530 g/mol. The first-order valence-electron chi connectivity index (χ1n) is 12.0. The van der Waals surface area contributed by atoms with Gasteiger partial charge >= 0.3 is 0 Å². The summed E-state index contributed by atoms with van der Waals surface area (Å²) >= 11 is 7.87. The molecule has 2 aromatic carbocycles. The summed E-state index contributed by atoms with van der Waals surface area (Å²) in [5, 5.41) is 2.99. The van der Waals surface area contributed by atoms with Crippen molar-refractivity contribution < 1.29 is 23.1 Å². The summed E-state index contributed by atoms with van der Waals surface area (Å²) < 4.78 is 25.8. The molecule has 1 aliphatic rings. The molecule has 1 aromatic heterocycles. The van der Waals surface area contributed by atoms with Gasteiger partial charge in [0.25, 0.3) is 5.91 Å². The Hall–Kier alpha value is -2.97. The van der Waals surface area contributed by atoms with E-state index in [0.29, 0.717) is 29.4 Å². The average Bonchev–Trinajstić information content (AvgIpc) is 3.41. The van der Waals surface area contributed by atoms with E-state index in [1.807, 2.05) is 0 Å². The minimum Gasteiger partial charge on any atom is -0.492 e. The molecular formula is C27H28ClFN2O4S. The van der Waals surface area contributed by atoms with Gasteiger partial charge in [0.1, 0.15) is 17.3 Å². The summed E-state index contributed by atoms with van der Waals surface area (Å²) in [6.45, 7) is 2.88. The quantitative estimate of drug-likeness (QED) is 0.283. The van der Waals surface area contributed by atoms with Crippen LogP contribution in [-0.4, -0.2) is 24.2 Å². The zero-order valence-corrected chi connectivity index (χ0v) is 21.6. The maximum atomic E-state index is 14.8. The predicted molar refractivity (Wildman–Crippen MR) is 139 cm³/mol. The molecule has 6 nitrogen and oxygen atoms in total. The van der Waals surface area contributed by atoms with E-state index in [-0.39, 0.29) is 41.2 Å². The van der Waals surface area contributed by atoms with E-state index in [1.165, 1.54) is 28.8 Å². The van der Waals surface area contributed by atoms with Crippen molar-refractivity contribution in [3.63, 3.8) is 0 Å². The average molecular weight is 531 g/mol. The number of rotatable bonds is 11. The predicted octanol–water partition coefficient (Wildman–Crippen LogP) is 6.60. The number of anilines is 1. The Labute approximate surface area is 219 Å². The molecule has 0 saturated carbocycles. The van der Waals surface area contributed by atoms with E-state index in [1.54, 1.807) is 36.6 Å². The lowest BCUT2D eigenvalue weighted by atomic mass is 10.1. The summed E-state index contributed by atoms with van der Waals surface area (Å²) in [6, 6.07) is 11.5. The number of nitrogens with one attached hydrogen (secondary N) is 1. The number of carbonyl (C=O) groups is 2. The van der Waals surface area contributed by atoms with Crippen molar-refractivity contribution in [2.24, 2.45) is 0 Å². The highest BCUT2D eigenvalue weighted by Crippen LogP contribution is 2.39. The molecule has 1 N–H and O–H groups in total. The fourth-order valence-electron chi connectivity index (χ4n) is 3.90. The number of fused-ring (bicyclic) bond motifs is 1. The van der Waals surface area contributed by atoms with E-state index in [0.717, 1.165) is 30.6 Å².